The van der Waals surface area contributed by atoms with Gasteiger partial charge in [0.15, 0.2) is 0 Å². The van der Waals surface area contributed by atoms with Gasteiger partial charge in [-0.2, -0.15) is 0 Å². The molecule has 11 heavy (non-hydrogen) atoms. The average molecular weight is 148 g/mol. The minimum absolute atomic E-state index is 0.841. The molecule has 0 aromatic heterocycles. The standard InChI is InChI=1S/C11H16/c1-8-6-7-10-4-3-5-11(10)9(8)2/h3-4,8-9H,5-7H2,1-2H3/t8-,9+/m0/s1. The van der Waals surface area contributed by atoms with Gasteiger partial charge in [-0.3, -0.25) is 0 Å². The topological polar surface area (TPSA) is 0 Å². The van der Waals surface area contributed by atoms with E-state index >= 15 is 0 Å². The van der Waals surface area contributed by atoms with Gasteiger partial charge < -0.3 is 0 Å². The van der Waals surface area contributed by atoms with Crippen molar-refractivity contribution in [3.63, 3.8) is 0 Å². The molecule has 2 aliphatic rings. The average Bonchev–Trinajstić information content (AvgIpc) is 2.45. The van der Waals surface area contributed by atoms with Crippen molar-refractivity contribution in [1.82, 2.24) is 0 Å². The first kappa shape index (κ1) is 7.15. The van der Waals surface area contributed by atoms with Crippen LogP contribution in [0.1, 0.15) is 33.1 Å². The molecule has 0 heteroatoms. The number of hydrogen-bond acceptors (Lipinski definition) is 0. The third kappa shape index (κ3) is 1.05. The molecular formula is C11H16. The Labute approximate surface area is 69.0 Å². The summed E-state index contributed by atoms with van der Waals surface area (Å²) in [7, 11) is 0. The van der Waals surface area contributed by atoms with Gasteiger partial charge in [-0.1, -0.05) is 31.6 Å². The van der Waals surface area contributed by atoms with Crippen LogP contribution in [-0.2, 0) is 0 Å². The van der Waals surface area contributed by atoms with E-state index in [-0.39, 0.29) is 0 Å². The van der Waals surface area contributed by atoms with Gasteiger partial charge in [-0.25, -0.2) is 0 Å². The van der Waals surface area contributed by atoms with Gasteiger partial charge in [0.2, 0.25) is 0 Å². The van der Waals surface area contributed by atoms with Gasteiger partial charge in [0.1, 0.15) is 0 Å². The first-order valence-corrected chi connectivity index (χ1v) is 4.67. The third-order valence-electron chi connectivity index (χ3n) is 3.34. The van der Waals surface area contributed by atoms with Crippen molar-refractivity contribution < 1.29 is 0 Å². The van der Waals surface area contributed by atoms with Crippen molar-refractivity contribution in [2.24, 2.45) is 11.8 Å². The van der Waals surface area contributed by atoms with Crippen LogP contribution >= 0.6 is 0 Å². The molecule has 0 bridgehead atoms. The summed E-state index contributed by atoms with van der Waals surface area (Å²) in [5.41, 5.74) is 3.37. The highest BCUT2D eigenvalue weighted by atomic mass is 14.3. The molecule has 0 aromatic carbocycles. The number of allylic oxidation sites excluding steroid dienone is 4. The third-order valence-corrected chi connectivity index (χ3v) is 3.34. The minimum Gasteiger partial charge on any atom is -0.0802 e. The molecule has 0 fully saturated rings. The molecule has 2 atom stereocenters. The summed E-state index contributed by atoms with van der Waals surface area (Å²) in [5, 5.41) is 0. The van der Waals surface area contributed by atoms with Crippen LogP contribution in [0.25, 0.3) is 0 Å². The fraction of sp³-hybridized carbons (Fsp3) is 0.636. The lowest BCUT2D eigenvalue weighted by Crippen LogP contribution is -2.15. The van der Waals surface area contributed by atoms with E-state index in [1.54, 1.807) is 11.1 Å². The molecule has 0 nitrogen and oxygen atoms in total. The van der Waals surface area contributed by atoms with E-state index in [1.165, 1.54) is 19.3 Å². The maximum Gasteiger partial charge on any atom is -0.0127 e. The number of hydrogen-bond donors (Lipinski definition) is 0. The van der Waals surface area contributed by atoms with Gasteiger partial charge in [0.05, 0.1) is 0 Å². The van der Waals surface area contributed by atoms with Crippen LogP contribution in [-0.4, -0.2) is 0 Å². The molecule has 0 aromatic rings. The monoisotopic (exact) mass is 148 g/mol. The van der Waals surface area contributed by atoms with Crippen molar-refractivity contribution >= 4 is 0 Å². The lowest BCUT2D eigenvalue weighted by molar-refractivity contribution is 0.384. The van der Waals surface area contributed by atoms with Crippen molar-refractivity contribution in [2.45, 2.75) is 33.1 Å². The zero-order valence-corrected chi connectivity index (χ0v) is 7.43. The summed E-state index contributed by atoms with van der Waals surface area (Å²) in [5.74, 6) is 1.75. The summed E-state index contributed by atoms with van der Waals surface area (Å²) >= 11 is 0. The van der Waals surface area contributed by atoms with E-state index in [4.69, 9.17) is 0 Å². The summed E-state index contributed by atoms with van der Waals surface area (Å²) in [6.07, 6.45) is 8.61. The Morgan fingerprint density at radius 3 is 3.00 bits per heavy atom. The predicted molar refractivity (Wildman–Crippen MR) is 48.3 cm³/mol. The maximum absolute atomic E-state index is 2.38. The second-order valence-electron chi connectivity index (χ2n) is 3.96. The largest absolute Gasteiger partial charge is 0.0802 e. The van der Waals surface area contributed by atoms with Crippen LogP contribution in [0, 0.1) is 11.8 Å². The van der Waals surface area contributed by atoms with Crippen LogP contribution in [0.4, 0.5) is 0 Å². The smallest absolute Gasteiger partial charge is 0.0127 e. The van der Waals surface area contributed by atoms with Gasteiger partial charge in [0, 0.05) is 0 Å². The Balaban J connectivity index is 2.27. The molecule has 0 unspecified atom stereocenters. The normalized spacial score (nSPS) is 36.2. The molecule has 2 rings (SSSR count). The Hall–Kier alpha value is -0.520. The van der Waals surface area contributed by atoms with Crippen LogP contribution in [0.15, 0.2) is 23.3 Å². The molecule has 0 spiro atoms. The number of rotatable bonds is 0. The van der Waals surface area contributed by atoms with Crippen molar-refractivity contribution in [3.8, 4) is 0 Å². The zero-order chi connectivity index (χ0) is 7.84. The molecule has 60 valence electrons. The van der Waals surface area contributed by atoms with Gasteiger partial charge >= 0.3 is 0 Å². The van der Waals surface area contributed by atoms with Crippen molar-refractivity contribution in [3.05, 3.63) is 23.3 Å². The van der Waals surface area contributed by atoms with Gasteiger partial charge in [-0.15, -0.1) is 0 Å². The maximum atomic E-state index is 2.38. The highest BCUT2D eigenvalue weighted by Crippen LogP contribution is 2.39. The predicted octanol–water partition coefficient (Wildman–Crippen LogP) is 3.31. The molecule has 0 heterocycles. The van der Waals surface area contributed by atoms with Crippen molar-refractivity contribution in [2.75, 3.05) is 0 Å². The fourth-order valence-electron chi connectivity index (χ4n) is 2.27. The SMILES string of the molecule is C[C@H]1CCC2=C(CC=C2)[C@@H]1C. The molecule has 0 aliphatic heterocycles. The van der Waals surface area contributed by atoms with E-state index in [9.17, 15) is 0 Å². The molecule has 0 N–H and O–H groups in total. The quantitative estimate of drug-likeness (QED) is 0.494. The second-order valence-corrected chi connectivity index (χ2v) is 3.96. The highest BCUT2D eigenvalue weighted by Gasteiger charge is 2.25. The van der Waals surface area contributed by atoms with E-state index in [0.717, 1.165) is 11.8 Å². The summed E-state index contributed by atoms with van der Waals surface area (Å²) in [6, 6.07) is 0. The minimum atomic E-state index is 0.841. The molecule has 0 radical (unpaired) electrons. The molecule has 0 saturated carbocycles. The Morgan fingerprint density at radius 1 is 1.36 bits per heavy atom. The van der Waals surface area contributed by atoms with Crippen LogP contribution in [0.5, 0.6) is 0 Å². The molecule has 0 saturated heterocycles. The Morgan fingerprint density at radius 2 is 2.18 bits per heavy atom. The first-order chi connectivity index (χ1) is 5.29. The summed E-state index contributed by atoms with van der Waals surface area (Å²) < 4.78 is 0. The summed E-state index contributed by atoms with van der Waals surface area (Å²) in [4.78, 5) is 0. The highest BCUT2D eigenvalue weighted by molar-refractivity contribution is 5.36. The fourth-order valence-corrected chi connectivity index (χ4v) is 2.27. The lowest BCUT2D eigenvalue weighted by Gasteiger charge is -2.27. The Bertz CT molecular complexity index is 220. The molecular weight excluding hydrogens is 132 g/mol. The zero-order valence-electron chi connectivity index (χ0n) is 7.43. The molecule has 2 aliphatic carbocycles. The van der Waals surface area contributed by atoms with E-state index < -0.39 is 0 Å². The van der Waals surface area contributed by atoms with E-state index in [1.807, 2.05) is 0 Å². The van der Waals surface area contributed by atoms with E-state index in [0.29, 0.717) is 0 Å². The van der Waals surface area contributed by atoms with Gasteiger partial charge in [-0.05, 0) is 36.7 Å². The molecule has 0 amide bonds. The van der Waals surface area contributed by atoms with Crippen LogP contribution in [0.2, 0.25) is 0 Å². The van der Waals surface area contributed by atoms with Crippen LogP contribution in [0.3, 0.4) is 0 Å². The Kier molecular flexibility index (Phi) is 1.63. The second kappa shape index (κ2) is 2.51. The first-order valence-electron chi connectivity index (χ1n) is 4.67. The lowest BCUT2D eigenvalue weighted by atomic mass is 9.78. The van der Waals surface area contributed by atoms with E-state index in [2.05, 4.69) is 26.0 Å². The van der Waals surface area contributed by atoms with Crippen LogP contribution < -0.4 is 0 Å². The van der Waals surface area contributed by atoms with Gasteiger partial charge in [0.25, 0.3) is 0 Å². The van der Waals surface area contributed by atoms with Crippen molar-refractivity contribution in [1.29, 1.82) is 0 Å². The summed E-state index contributed by atoms with van der Waals surface area (Å²) in [6.45, 7) is 4.76.